The normalized spacial score (nSPS) is 25.1. The molecule has 4 rings (SSSR count). The summed E-state index contributed by atoms with van der Waals surface area (Å²) in [5.41, 5.74) is 5.31. The van der Waals surface area contributed by atoms with Gasteiger partial charge in [0.25, 0.3) is 0 Å². The summed E-state index contributed by atoms with van der Waals surface area (Å²) in [4.78, 5) is 7.83. The Morgan fingerprint density at radius 3 is 2.13 bits per heavy atom. The van der Waals surface area contributed by atoms with Gasteiger partial charge in [0, 0.05) is 50.6 Å². The van der Waals surface area contributed by atoms with Crippen LogP contribution in [0.25, 0.3) is 0 Å². The summed E-state index contributed by atoms with van der Waals surface area (Å²) in [5.74, 6) is 0.642. The molecule has 0 aromatic heterocycles. The molecule has 4 nitrogen and oxygen atoms in total. The third kappa shape index (κ3) is 5.57. The van der Waals surface area contributed by atoms with Crippen molar-refractivity contribution in [3.63, 3.8) is 0 Å². The average molecular weight is 428 g/mol. The van der Waals surface area contributed by atoms with Crippen molar-refractivity contribution in [1.29, 1.82) is 0 Å². The fraction of sp³-hybridized carbons (Fsp3) is 0.778. The van der Waals surface area contributed by atoms with Gasteiger partial charge >= 0.3 is 0 Å². The number of ether oxygens (including phenoxy) is 1. The third-order valence-electron chi connectivity index (χ3n) is 7.64. The summed E-state index contributed by atoms with van der Waals surface area (Å²) in [6.45, 7) is 21.9. The summed E-state index contributed by atoms with van der Waals surface area (Å²) in [6, 6.07) is 7.38. The molecule has 0 radical (unpaired) electrons. The summed E-state index contributed by atoms with van der Waals surface area (Å²) < 4.78 is 5.62. The van der Waals surface area contributed by atoms with E-state index in [-0.39, 0.29) is 0 Å². The minimum absolute atomic E-state index is 0.401. The van der Waals surface area contributed by atoms with Crippen LogP contribution in [0.2, 0.25) is 0 Å². The number of hydrogen-bond donors (Lipinski definition) is 0. The molecule has 0 unspecified atom stereocenters. The highest BCUT2D eigenvalue weighted by Gasteiger charge is 2.40. The first kappa shape index (κ1) is 22.9. The highest BCUT2D eigenvalue weighted by atomic mass is 16.5. The lowest BCUT2D eigenvalue weighted by Crippen LogP contribution is -2.47. The van der Waals surface area contributed by atoms with Gasteiger partial charge < -0.3 is 14.5 Å². The van der Waals surface area contributed by atoms with Crippen molar-refractivity contribution in [3.8, 4) is 0 Å². The number of hydrogen-bond acceptors (Lipinski definition) is 4. The Hall–Kier alpha value is -1.26. The van der Waals surface area contributed by atoms with Gasteiger partial charge in [0.15, 0.2) is 0 Å². The number of anilines is 2. The molecule has 0 spiro atoms. The molecule has 0 bridgehead atoms. The Labute approximate surface area is 190 Å². The lowest BCUT2D eigenvalue weighted by Gasteiger charge is -2.46. The molecule has 0 N–H and O–H groups in total. The first-order valence-electron chi connectivity index (χ1n) is 12.7. The van der Waals surface area contributed by atoms with E-state index in [1.807, 2.05) is 0 Å². The molecule has 0 amide bonds. The molecule has 4 heteroatoms. The minimum Gasteiger partial charge on any atom is -0.378 e. The van der Waals surface area contributed by atoms with Crippen molar-refractivity contribution in [3.05, 3.63) is 23.8 Å². The van der Waals surface area contributed by atoms with E-state index in [4.69, 9.17) is 4.74 Å². The second-order valence-corrected chi connectivity index (χ2v) is 11.8. The SMILES string of the molecule is CCCN1CCN(c2ccc(N3CCOCC3)cc2C2CC(C)(C)CC(C)(C)C2)CC1. The molecule has 31 heavy (non-hydrogen) atoms. The largest absolute Gasteiger partial charge is 0.378 e. The van der Waals surface area contributed by atoms with E-state index >= 15 is 0 Å². The summed E-state index contributed by atoms with van der Waals surface area (Å²) >= 11 is 0. The van der Waals surface area contributed by atoms with Crippen LogP contribution in [0.5, 0.6) is 0 Å². The van der Waals surface area contributed by atoms with Crippen LogP contribution in [0.3, 0.4) is 0 Å². The van der Waals surface area contributed by atoms with Gasteiger partial charge in [-0.3, -0.25) is 4.90 Å². The van der Waals surface area contributed by atoms with Gasteiger partial charge in [-0.25, -0.2) is 0 Å². The van der Waals surface area contributed by atoms with Crippen LogP contribution in [-0.4, -0.2) is 63.9 Å². The predicted molar refractivity (Wildman–Crippen MR) is 133 cm³/mol. The van der Waals surface area contributed by atoms with Crippen molar-refractivity contribution >= 4 is 11.4 Å². The van der Waals surface area contributed by atoms with E-state index in [0.717, 1.165) is 39.4 Å². The molecule has 174 valence electrons. The number of piperazine rings is 1. The van der Waals surface area contributed by atoms with Gasteiger partial charge in [-0.1, -0.05) is 34.6 Å². The smallest absolute Gasteiger partial charge is 0.0642 e. The van der Waals surface area contributed by atoms with Crippen molar-refractivity contribution in [2.45, 2.75) is 66.2 Å². The quantitative estimate of drug-likeness (QED) is 0.628. The maximum Gasteiger partial charge on any atom is 0.0642 e. The zero-order chi connectivity index (χ0) is 22.1. The van der Waals surface area contributed by atoms with E-state index in [1.54, 1.807) is 5.56 Å². The number of rotatable bonds is 5. The van der Waals surface area contributed by atoms with Crippen LogP contribution >= 0.6 is 0 Å². The highest BCUT2D eigenvalue weighted by Crippen LogP contribution is 2.53. The van der Waals surface area contributed by atoms with Crippen LogP contribution in [0.4, 0.5) is 11.4 Å². The summed E-state index contributed by atoms with van der Waals surface area (Å²) in [5, 5.41) is 0. The van der Waals surface area contributed by atoms with Crippen molar-refractivity contribution in [2.24, 2.45) is 10.8 Å². The molecule has 3 fully saturated rings. The number of benzene rings is 1. The molecular weight excluding hydrogens is 382 g/mol. The standard InChI is InChI=1S/C27H45N3O/c1-6-9-28-10-12-30(13-11-28)25-8-7-23(29-14-16-31-17-15-29)18-24(25)22-19-26(2,3)21-27(4,5)20-22/h7-8,18,22H,6,9-17,19-21H2,1-5H3. The zero-order valence-electron chi connectivity index (χ0n) is 20.8. The van der Waals surface area contributed by atoms with E-state index in [9.17, 15) is 0 Å². The maximum absolute atomic E-state index is 5.62. The Morgan fingerprint density at radius 1 is 0.871 bits per heavy atom. The second kappa shape index (κ2) is 9.31. The fourth-order valence-electron chi connectivity index (χ4n) is 6.77. The average Bonchev–Trinajstić information content (AvgIpc) is 2.73. The molecule has 2 heterocycles. The highest BCUT2D eigenvalue weighted by molar-refractivity contribution is 5.64. The lowest BCUT2D eigenvalue weighted by atomic mass is 9.60. The topological polar surface area (TPSA) is 19.0 Å². The molecule has 1 aliphatic carbocycles. The van der Waals surface area contributed by atoms with Crippen LogP contribution in [0, 0.1) is 10.8 Å². The fourth-order valence-corrected chi connectivity index (χ4v) is 6.77. The molecular formula is C27H45N3O. The van der Waals surface area contributed by atoms with E-state index < -0.39 is 0 Å². The van der Waals surface area contributed by atoms with Crippen LogP contribution < -0.4 is 9.80 Å². The van der Waals surface area contributed by atoms with Crippen molar-refractivity contribution < 1.29 is 4.74 Å². The molecule has 2 saturated heterocycles. The van der Waals surface area contributed by atoms with Crippen LogP contribution in [0.15, 0.2) is 18.2 Å². The minimum atomic E-state index is 0.401. The van der Waals surface area contributed by atoms with E-state index in [0.29, 0.717) is 16.7 Å². The number of morpholine rings is 1. The first-order valence-corrected chi connectivity index (χ1v) is 12.7. The van der Waals surface area contributed by atoms with E-state index in [1.165, 1.54) is 56.7 Å². The Morgan fingerprint density at radius 2 is 1.52 bits per heavy atom. The maximum atomic E-state index is 5.62. The van der Waals surface area contributed by atoms with Gasteiger partial charge in [0.05, 0.1) is 13.2 Å². The van der Waals surface area contributed by atoms with Crippen molar-refractivity contribution in [2.75, 3.05) is 68.8 Å². The van der Waals surface area contributed by atoms with Gasteiger partial charge in [0.2, 0.25) is 0 Å². The molecule has 1 saturated carbocycles. The summed E-state index contributed by atoms with van der Waals surface area (Å²) in [7, 11) is 0. The summed E-state index contributed by atoms with van der Waals surface area (Å²) in [6.07, 6.45) is 5.17. The van der Waals surface area contributed by atoms with Crippen molar-refractivity contribution in [1.82, 2.24) is 4.90 Å². The second-order valence-electron chi connectivity index (χ2n) is 11.8. The zero-order valence-corrected chi connectivity index (χ0v) is 20.8. The Balaban J connectivity index is 1.64. The predicted octanol–water partition coefficient (Wildman–Crippen LogP) is 5.38. The lowest BCUT2D eigenvalue weighted by molar-refractivity contribution is 0.0969. The molecule has 1 aromatic carbocycles. The molecule has 2 aliphatic heterocycles. The van der Waals surface area contributed by atoms with Gasteiger partial charge in [-0.05, 0) is 72.7 Å². The molecule has 1 aromatic rings. The molecule has 3 aliphatic rings. The Kier molecular flexibility index (Phi) is 6.88. The van der Waals surface area contributed by atoms with E-state index in [2.05, 4.69) is 67.5 Å². The van der Waals surface area contributed by atoms with Gasteiger partial charge in [-0.2, -0.15) is 0 Å². The monoisotopic (exact) mass is 427 g/mol. The third-order valence-corrected chi connectivity index (χ3v) is 7.64. The molecule has 0 atom stereocenters. The van der Waals surface area contributed by atoms with Crippen LogP contribution in [-0.2, 0) is 4.74 Å². The number of nitrogens with zero attached hydrogens (tertiary/aromatic N) is 3. The Bertz CT molecular complexity index is 714. The van der Waals surface area contributed by atoms with Gasteiger partial charge in [0.1, 0.15) is 0 Å². The van der Waals surface area contributed by atoms with Crippen LogP contribution in [0.1, 0.15) is 71.8 Å². The first-order chi connectivity index (χ1) is 14.8. The van der Waals surface area contributed by atoms with Gasteiger partial charge in [-0.15, -0.1) is 0 Å².